The van der Waals surface area contributed by atoms with Crippen LogP contribution in [0.5, 0.6) is 11.5 Å². The molecule has 3 aromatic rings. The highest BCUT2D eigenvalue weighted by Gasteiger charge is 2.17. The fourth-order valence-corrected chi connectivity index (χ4v) is 5.18. The van der Waals surface area contributed by atoms with Gasteiger partial charge in [0, 0.05) is 30.6 Å². The summed E-state index contributed by atoms with van der Waals surface area (Å²) in [5.74, 6) is 0.336. The molecule has 9 nitrogen and oxygen atoms in total. The van der Waals surface area contributed by atoms with Gasteiger partial charge >= 0.3 is 5.97 Å². The minimum Gasteiger partial charge on any atom is -0.508 e. The van der Waals surface area contributed by atoms with E-state index >= 15 is 0 Å². The zero-order valence-electron chi connectivity index (χ0n) is 25.4. The molecular weight excluding hydrogens is 560 g/mol. The number of esters is 1. The molecule has 1 aliphatic carbocycles. The molecule has 1 saturated carbocycles. The van der Waals surface area contributed by atoms with Crippen molar-refractivity contribution in [3.8, 4) is 11.5 Å². The van der Waals surface area contributed by atoms with Crippen LogP contribution >= 0.6 is 0 Å². The highest BCUT2D eigenvalue weighted by Crippen LogP contribution is 2.23. The molecular formula is C35H44N2O7. The molecule has 1 atom stereocenters. The second-order valence-corrected chi connectivity index (χ2v) is 11.2. The number of aliphatic hydroxyl groups excluding tert-OH is 1. The van der Waals surface area contributed by atoms with Gasteiger partial charge in [0.2, 0.25) is 0 Å². The Labute approximate surface area is 259 Å². The van der Waals surface area contributed by atoms with E-state index in [0.29, 0.717) is 49.6 Å². The van der Waals surface area contributed by atoms with E-state index < -0.39 is 12.1 Å². The van der Waals surface area contributed by atoms with Gasteiger partial charge in [0.05, 0.1) is 19.3 Å². The number of carbonyl (C=O) groups is 2. The molecule has 0 heterocycles. The molecule has 0 radical (unpaired) electrons. The van der Waals surface area contributed by atoms with E-state index in [4.69, 9.17) is 14.2 Å². The van der Waals surface area contributed by atoms with E-state index in [2.05, 4.69) is 10.6 Å². The van der Waals surface area contributed by atoms with E-state index in [9.17, 15) is 19.8 Å². The van der Waals surface area contributed by atoms with Gasteiger partial charge in [0.15, 0.2) is 0 Å². The van der Waals surface area contributed by atoms with E-state index in [-0.39, 0.29) is 24.3 Å². The molecule has 44 heavy (non-hydrogen) atoms. The average molecular weight is 605 g/mol. The number of hydrogen-bond acceptors (Lipinski definition) is 8. The first-order valence-electron chi connectivity index (χ1n) is 15.4. The number of rotatable bonds is 16. The molecule has 0 unspecified atom stereocenters. The number of benzene rings is 3. The van der Waals surface area contributed by atoms with Crippen LogP contribution in [-0.2, 0) is 33.9 Å². The summed E-state index contributed by atoms with van der Waals surface area (Å²) in [6.45, 7) is 3.54. The first-order valence-corrected chi connectivity index (χ1v) is 15.4. The molecule has 0 aliphatic heterocycles. The van der Waals surface area contributed by atoms with E-state index in [0.717, 1.165) is 36.1 Å². The molecule has 0 saturated heterocycles. The standard InChI is InChI=1S/C35H44N2O7/c1-25(38)44-24-30-21-28(12-15-33(30)39)34(40)22-36-17-16-26-10-13-32(14-11-26)43-19-18-42-23-27-6-5-7-29(20-27)35(41)37-31-8-3-2-4-9-31/h5-7,10-15,20-21,31,34,36,39-40H,2-4,8-9,16-19,22-24H2,1H3,(H,37,41)/t34-/m0/s1. The number of carbonyl (C=O) groups excluding carboxylic acids is 2. The zero-order chi connectivity index (χ0) is 31.1. The number of amides is 1. The number of nitrogens with one attached hydrogen (secondary N) is 2. The maximum Gasteiger partial charge on any atom is 0.302 e. The normalized spacial score (nSPS) is 14.1. The summed E-state index contributed by atoms with van der Waals surface area (Å²) in [6, 6.07) is 20.6. The van der Waals surface area contributed by atoms with Gasteiger partial charge < -0.3 is 35.1 Å². The number of hydrogen-bond donors (Lipinski definition) is 4. The fraction of sp³-hybridized carbons (Fsp3) is 0.429. The Balaban J connectivity index is 1.10. The van der Waals surface area contributed by atoms with Crippen LogP contribution in [-0.4, -0.2) is 54.4 Å². The smallest absolute Gasteiger partial charge is 0.302 e. The summed E-state index contributed by atoms with van der Waals surface area (Å²) in [5.41, 5.74) is 3.85. The number of ether oxygens (including phenoxy) is 3. The maximum absolute atomic E-state index is 12.6. The average Bonchev–Trinajstić information content (AvgIpc) is 3.03. The third-order valence-corrected chi connectivity index (χ3v) is 7.67. The lowest BCUT2D eigenvalue weighted by Crippen LogP contribution is -2.36. The van der Waals surface area contributed by atoms with Crippen molar-refractivity contribution in [1.82, 2.24) is 10.6 Å². The summed E-state index contributed by atoms with van der Waals surface area (Å²) < 4.78 is 16.6. The Morgan fingerprint density at radius 2 is 1.73 bits per heavy atom. The first-order chi connectivity index (χ1) is 21.4. The Morgan fingerprint density at radius 1 is 0.932 bits per heavy atom. The monoisotopic (exact) mass is 604 g/mol. The van der Waals surface area contributed by atoms with Crippen LogP contribution in [0.4, 0.5) is 0 Å². The van der Waals surface area contributed by atoms with Crippen LogP contribution in [0.25, 0.3) is 0 Å². The van der Waals surface area contributed by atoms with Crippen LogP contribution in [0.1, 0.15) is 77.7 Å². The van der Waals surface area contributed by atoms with Gasteiger partial charge in [0.25, 0.3) is 5.91 Å². The predicted octanol–water partition coefficient (Wildman–Crippen LogP) is 4.98. The van der Waals surface area contributed by atoms with Crippen molar-refractivity contribution in [2.75, 3.05) is 26.3 Å². The number of aliphatic hydroxyl groups is 1. The highest BCUT2D eigenvalue weighted by atomic mass is 16.5. The van der Waals surface area contributed by atoms with Crippen LogP contribution in [0.3, 0.4) is 0 Å². The molecule has 0 aromatic heterocycles. The number of aromatic hydroxyl groups is 1. The van der Waals surface area contributed by atoms with Crippen LogP contribution in [0.2, 0.25) is 0 Å². The molecule has 3 aromatic carbocycles. The lowest BCUT2D eigenvalue weighted by molar-refractivity contribution is -0.142. The summed E-state index contributed by atoms with van der Waals surface area (Å²) in [7, 11) is 0. The van der Waals surface area contributed by atoms with Crippen LogP contribution < -0.4 is 15.4 Å². The second-order valence-electron chi connectivity index (χ2n) is 11.2. The van der Waals surface area contributed by atoms with Crippen molar-refractivity contribution >= 4 is 11.9 Å². The van der Waals surface area contributed by atoms with E-state index in [1.165, 1.54) is 32.3 Å². The SMILES string of the molecule is CC(=O)OCc1cc([C@@H](O)CNCCc2ccc(OCCOCc3cccc(C(=O)NC4CCCCC4)c3)cc2)ccc1O. The highest BCUT2D eigenvalue weighted by molar-refractivity contribution is 5.94. The van der Waals surface area contributed by atoms with Crippen molar-refractivity contribution in [2.24, 2.45) is 0 Å². The topological polar surface area (TPSA) is 126 Å². The van der Waals surface area contributed by atoms with Crippen LogP contribution in [0, 0.1) is 0 Å². The second kappa shape index (κ2) is 17.4. The fourth-order valence-electron chi connectivity index (χ4n) is 5.18. The minimum atomic E-state index is -0.764. The van der Waals surface area contributed by atoms with Gasteiger partial charge in [-0.25, -0.2) is 0 Å². The Hall–Kier alpha value is -3.92. The van der Waals surface area contributed by atoms with E-state index in [1.807, 2.05) is 48.5 Å². The Bertz CT molecular complexity index is 1340. The Kier molecular flexibility index (Phi) is 13.0. The third-order valence-electron chi connectivity index (χ3n) is 7.67. The van der Waals surface area contributed by atoms with Gasteiger partial charge in [-0.3, -0.25) is 9.59 Å². The molecule has 4 N–H and O–H groups in total. The molecule has 0 bridgehead atoms. The lowest BCUT2D eigenvalue weighted by Gasteiger charge is -2.22. The lowest BCUT2D eigenvalue weighted by atomic mass is 9.95. The third kappa shape index (κ3) is 11.0. The summed E-state index contributed by atoms with van der Waals surface area (Å²) in [5, 5.41) is 26.9. The van der Waals surface area contributed by atoms with Crippen LogP contribution in [0.15, 0.2) is 66.7 Å². The zero-order valence-corrected chi connectivity index (χ0v) is 25.4. The number of phenols is 1. The first kappa shape index (κ1) is 33.0. The van der Waals surface area contributed by atoms with Crippen molar-refractivity contribution < 1.29 is 34.0 Å². The number of phenolic OH excluding ortho intramolecular Hbond substituents is 1. The van der Waals surface area contributed by atoms with Gasteiger partial charge in [0.1, 0.15) is 24.7 Å². The Morgan fingerprint density at radius 3 is 2.50 bits per heavy atom. The van der Waals surface area contributed by atoms with Crippen molar-refractivity contribution in [2.45, 2.75) is 70.8 Å². The molecule has 1 fully saturated rings. The van der Waals surface area contributed by atoms with Gasteiger partial charge in [-0.2, -0.15) is 0 Å². The largest absolute Gasteiger partial charge is 0.508 e. The van der Waals surface area contributed by atoms with E-state index in [1.54, 1.807) is 12.1 Å². The predicted molar refractivity (Wildman–Crippen MR) is 167 cm³/mol. The quantitative estimate of drug-likeness (QED) is 0.133. The molecule has 9 heteroatoms. The molecule has 1 amide bonds. The summed E-state index contributed by atoms with van der Waals surface area (Å²) >= 11 is 0. The molecule has 236 valence electrons. The molecule has 1 aliphatic rings. The van der Waals surface area contributed by atoms with Crippen molar-refractivity contribution in [3.05, 3.63) is 94.5 Å². The van der Waals surface area contributed by atoms with Gasteiger partial charge in [-0.15, -0.1) is 0 Å². The summed E-state index contributed by atoms with van der Waals surface area (Å²) in [4.78, 5) is 23.7. The van der Waals surface area contributed by atoms with Gasteiger partial charge in [-0.1, -0.05) is 49.6 Å². The van der Waals surface area contributed by atoms with Crippen molar-refractivity contribution in [1.29, 1.82) is 0 Å². The summed E-state index contributed by atoms with van der Waals surface area (Å²) in [6.07, 6.45) is 5.76. The minimum absolute atomic E-state index is 0.0133. The maximum atomic E-state index is 12.6. The van der Waals surface area contributed by atoms with Gasteiger partial charge in [-0.05, 0) is 78.9 Å². The van der Waals surface area contributed by atoms with Crippen molar-refractivity contribution in [3.63, 3.8) is 0 Å². The molecule has 0 spiro atoms. The molecule has 4 rings (SSSR count).